The fourth-order valence-corrected chi connectivity index (χ4v) is 4.05. The lowest BCUT2D eigenvalue weighted by Gasteiger charge is -2.52. The van der Waals surface area contributed by atoms with Gasteiger partial charge in [-0.15, -0.1) is 0 Å². The van der Waals surface area contributed by atoms with Crippen LogP contribution in [0.1, 0.15) is 41.8 Å². The van der Waals surface area contributed by atoms with Gasteiger partial charge in [-0.05, 0) is 32.3 Å². The van der Waals surface area contributed by atoms with Gasteiger partial charge in [-0.25, -0.2) is 0 Å². The van der Waals surface area contributed by atoms with Crippen LogP contribution >= 0.6 is 0 Å². The van der Waals surface area contributed by atoms with E-state index in [2.05, 4.69) is 0 Å². The molecule has 1 spiro atoms. The Bertz CT molecular complexity index is 637. The first-order valence-electron chi connectivity index (χ1n) is 8.81. The number of hydrogen-bond acceptors (Lipinski definition) is 4. The minimum absolute atomic E-state index is 0.0449. The number of likely N-dealkylation sites (tertiary alicyclic amines) is 2. The molecule has 24 heavy (non-hydrogen) atoms. The topological polar surface area (TPSA) is 63.0 Å². The highest BCUT2D eigenvalue weighted by Crippen LogP contribution is 2.37. The lowest BCUT2D eigenvalue weighted by molar-refractivity contribution is -0.169. The van der Waals surface area contributed by atoms with Crippen molar-refractivity contribution in [1.82, 2.24) is 9.80 Å². The molecule has 0 aromatic carbocycles. The standard InChI is InChI=1S/C18H24N2O4/c1-13-5-8-23-16(13)17(22)20-11-18(12-20)6-4-14(10-24-18)9-19-7-2-3-15(19)21/h5,8,14H,2-4,6-7,9-12H2,1H3. The molecule has 0 bridgehead atoms. The first-order chi connectivity index (χ1) is 11.6. The van der Waals surface area contributed by atoms with Crippen LogP contribution < -0.4 is 0 Å². The quantitative estimate of drug-likeness (QED) is 0.847. The highest BCUT2D eigenvalue weighted by atomic mass is 16.5. The number of carbonyl (C=O) groups excluding carboxylic acids is 2. The predicted molar refractivity (Wildman–Crippen MR) is 86.6 cm³/mol. The maximum atomic E-state index is 12.4. The van der Waals surface area contributed by atoms with E-state index in [1.807, 2.05) is 17.9 Å². The van der Waals surface area contributed by atoms with Crippen molar-refractivity contribution < 1.29 is 18.7 Å². The maximum absolute atomic E-state index is 12.4. The van der Waals surface area contributed by atoms with Crippen molar-refractivity contribution in [1.29, 1.82) is 0 Å². The number of aryl methyl sites for hydroxylation is 1. The van der Waals surface area contributed by atoms with Crippen LogP contribution in [0, 0.1) is 12.8 Å². The zero-order valence-corrected chi connectivity index (χ0v) is 14.1. The van der Waals surface area contributed by atoms with Gasteiger partial charge in [-0.3, -0.25) is 9.59 Å². The summed E-state index contributed by atoms with van der Waals surface area (Å²) in [6.45, 7) is 5.57. The van der Waals surface area contributed by atoms with Crippen LogP contribution in [0.5, 0.6) is 0 Å². The van der Waals surface area contributed by atoms with Crippen molar-refractivity contribution in [3.63, 3.8) is 0 Å². The van der Waals surface area contributed by atoms with Gasteiger partial charge in [0.2, 0.25) is 5.91 Å². The van der Waals surface area contributed by atoms with Gasteiger partial charge in [0.1, 0.15) is 5.60 Å². The Labute approximate surface area is 141 Å². The fourth-order valence-electron chi connectivity index (χ4n) is 4.05. The Balaban J connectivity index is 1.27. The molecule has 0 radical (unpaired) electrons. The summed E-state index contributed by atoms with van der Waals surface area (Å²) < 4.78 is 11.4. The molecule has 0 N–H and O–H groups in total. The average molecular weight is 332 g/mol. The van der Waals surface area contributed by atoms with Crippen LogP contribution in [0.3, 0.4) is 0 Å². The second-order valence-electron chi connectivity index (χ2n) is 7.44. The van der Waals surface area contributed by atoms with E-state index in [1.54, 1.807) is 11.2 Å². The smallest absolute Gasteiger partial charge is 0.290 e. The molecular formula is C18H24N2O4. The van der Waals surface area contributed by atoms with Gasteiger partial charge in [0.05, 0.1) is 26.0 Å². The van der Waals surface area contributed by atoms with Gasteiger partial charge in [-0.2, -0.15) is 0 Å². The number of ether oxygens (including phenoxy) is 1. The van der Waals surface area contributed by atoms with Crippen molar-refractivity contribution in [3.05, 3.63) is 23.7 Å². The summed E-state index contributed by atoms with van der Waals surface area (Å²) in [5, 5.41) is 0. The van der Waals surface area contributed by atoms with Crippen LogP contribution in [0.4, 0.5) is 0 Å². The predicted octanol–water partition coefficient (Wildman–Crippen LogP) is 1.83. The van der Waals surface area contributed by atoms with Crippen molar-refractivity contribution in [2.75, 3.05) is 32.8 Å². The van der Waals surface area contributed by atoms with Gasteiger partial charge in [-0.1, -0.05) is 0 Å². The van der Waals surface area contributed by atoms with Crippen molar-refractivity contribution in [2.24, 2.45) is 5.92 Å². The molecule has 3 saturated heterocycles. The summed E-state index contributed by atoms with van der Waals surface area (Å²) in [5.41, 5.74) is 0.697. The summed E-state index contributed by atoms with van der Waals surface area (Å²) >= 11 is 0. The zero-order valence-electron chi connectivity index (χ0n) is 14.1. The van der Waals surface area contributed by atoms with Crippen molar-refractivity contribution in [2.45, 2.75) is 38.2 Å². The molecule has 130 valence electrons. The van der Waals surface area contributed by atoms with Gasteiger partial charge in [0, 0.05) is 31.0 Å². The van der Waals surface area contributed by atoms with E-state index in [9.17, 15) is 9.59 Å². The monoisotopic (exact) mass is 332 g/mol. The third-order valence-corrected chi connectivity index (χ3v) is 5.58. The number of furan rings is 1. The molecule has 1 aromatic rings. The molecule has 1 aromatic heterocycles. The second-order valence-corrected chi connectivity index (χ2v) is 7.44. The molecule has 0 saturated carbocycles. The minimum atomic E-state index is -0.179. The summed E-state index contributed by atoms with van der Waals surface area (Å²) in [7, 11) is 0. The molecule has 1 unspecified atom stereocenters. The SMILES string of the molecule is Cc1ccoc1C(=O)N1CC2(CCC(CN3CCCC3=O)CO2)C1. The van der Waals surface area contributed by atoms with Gasteiger partial charge < -0.3 is 19.0 Å². The number of amides is 2. The average Bonchev–Trinajstić information content (AvgIpc) is 3.14. The molecular weight excluding hydrogens is 308 g/mol. The van der Waals surface area contributed by atoms with E-state index in [1.165, 1.54) is 0 Å². The number of hydrogen-bond donors (Lipinski definition) is 0. The van der Waals surface area contributed by atoms with Gasteiger partial charge >= 0.3 is 0 Å². The molecule has 3 aliphatic heterocycles. The Morgan fingerprint density at radius 1 is 1.42 bits per heavy atom. The normalized spacial score (nSPS) is 26.0. The van der Waals surface area contributed by atoms with Gasteiger partial charge in [0.25, 0.3) is 5.91 Å². The molecule has 6 heteroatoms. The Morgan fingerprint density at radius 3 is 2.83 bits per heavy atom. The first kappa shape index (κ1) is 15.7. The number of rotatable bonds is 3. The van der Waals surface area contributed by atoms with E-state index >= 15 is 0 Å². The van der Waals surface area contributed by atoms with Crippen LogP contribution in [0.15, 0.2) is 16.7 Å². The van der Waals surface area contributed by atoms with E-state index in [0.717, 1.165) is 37.9 Å². The number of carbonyl (C=O) groups is 2. The van der Waals surface area contributed by atoms with Crippen molar-refractivity contribution >= 4 is 11.8 Å². The van der Waals surface area contributed by atoms with Crippen LogP contribution in [-0.4, -0.2) is 60.0 Å². The molecule has 4 heterocycles. The molecule has 6 nitrogen and oxygen atoms in total. The molecule has 3 fully saturated rings. The van der Waals surface area contributed by atoms with Crippen LogP contribution in [0.2, 0.25) is 0 Å². The van der Waals surface area contributed by atoms with E-state index < -0.39 is 0 Å². The summed E-state index contributed by atoms with van der Waals surface area (Å²) in [6, 6.07) is 1.81. The van der Waals surface area contributed by atoms with Gasteiger partial charge in [0.15, 0.2) is 5.76 Å². The largest absolute Gasteiger partial charge is 0.459 e. The van der Waals surface area contributed by atoms with Crippen LogP contribution in [0.25, 0.3) is 0 Å². The second kappa shape index (κ2) is 5.92. The molecule has 0 aliphatic carbocycles. The van der Waals surface area contributed by atoms with Crippen LogP contribution in [-0.2, 0) is 9.53 Å². The number of nitrogens with zero attached hydrogens (tertiary/aromatic N) is 2. The van der Waals surface area contributed by atoms with Crippen molar-refractivity contribution in [3.8, 4) is 0 Å². The van der Waals surface area contributed by atoms with E-state index in [-0.39, 0.29) is 17.4 Å². The highest BCUT2D eigenvalue weighted by Gasteiger charge is 2.49. The zero-order chi connectivity index (χ0) is 16.7. The minimum Gasteiger partial charge on any atom is -0.459 e. The third kappa shape index (κ3) is 2.73. The van der Waals surface area contributed by atoms with E-state index in [0.29, 0.717) is 37.8 Å². The fraction of sp³-hybridized carbons (Fsp3) is 0.667. The Morgan fingerprint density at radius 2 is 2.25 bits per heavy atom. The molecule has 2 amide bonds. The Kier molecular flexibility index (Phi) is 3.87. The summed E-state index contributed by atoms with van der Waals surface area (Å²) in [6.07, 6.45) is 5.26. The lowest BCUT2D eigenvalue weighted by atomic mass is 9.82. The molecule has 4 rings (SSSR count). The summed E-state index contributed by atoms with van der Waals surface area (Å²) in [4.78, 5) is 27.9. The third-order valence-electron chi connectivity index (χ3n) is 5.58. The lowest BCUT2D eigenvalue weighted by Crippen LogP contribution is -2.66. The maximum Gasteiger partial charge on any atom is 0.290 e. The molecule has 3 aliphatic rings. The Hall–Kier alpha value is -1.82. The molecule has 1 atom stereocenters. The highest BCUT2D eigenvalue weighted by molar-refractivity contribution is 5.93. The van der Waals surface area contributed by atoms with E-state index in [4.69, 9.17) is 9.15 Å². The summed E-state index contributed by atoms with van der Waals surface area (Å²) in [5.74, 6) is 1.10. The first-order valence-corrected chi connectivity index (χ1v) is 8.81.